The summed E-state index contributed by atoms with van der Waals surface area (Å²) in [7, 11) is -6.01. The first-order valence-electron chi connectivity index (χ1n) is 8.46. The van der Waals surface area contributed by atoms with Crippen molar-refractivity contribution >= 4 is 22.1 Å². The van der Waals surface area contributed by atoms with E-state index in [0.29, 0.717) is 16.7 Å². The van der Waals surface area contributed by atoms with Crippen LogP contribution in [-0.2, 0) is 32.7 Å². The number of ether oxygens (including phenoxy) is 1. The Labute approximate surface area is 165 Å². The van der Waals surface area contributed by atoms with Gasteiger partial charge in [0.25, 0.3) is 0 Å². The molecule has 1 N–H and O–H groups in total. The Morgan fingerprint density at radius 2 is 1.86 bits per heavy atom. The normalized spacial score (nSPS) is 14.6. The van der Waals surface area contributed by atoms with Gasteiger partial charge in [0.1, 0.15) is 12.2 Å². The number of hydrogen-bond donors (Lipinski definition) is 1. The number of alkyl halides is 3. The Kier molecular flexibility index (Phi) is 6.31. The van der Waals surface area contributed by atoms with E-state index < -0.39 is 33.3 Å². The van der Waals surface area contributed by atoms with E-state index in [1.165, 1.54) is 0 Å². The standard InChI is InChI=1S/C18H19F3O7S/c1-9(5-7-14(22)23)4-6-12-10(2)11(3)13-8-27-17(24)15(13)16(12)28-29(25,26)18(19,20)21/h4H,5-8H2,1-3H3,(H,22,23). The van der Waals surface area contributed by atoms with Gasteiger partial charge in [0.05, 0.1) is 0 Å². The predicted octanol–water partition coefficient (Wildman–Crippen LogP) is 3.56. The van der Waals surface area contributed by atoms with Gasteiger partial charge in [-0.15, -0.1) is 0 Å². The van der Waals surface area contributed by atoms with Gasteiger partial charge < -0.3 is 14.0 Å². The summed E-state index contributed by atoms with van der Waals surface area (Å²) >= 11 is 0. The van der Waals surface area contributed by atoms with Crippen LogP contribution in [0.3, 0.4) is 0 Å². The predicted molar refractivity (Wildman–Crippen MR) is 95.0 cm³/mol. The van der Waals surface area contributed by atoms with Crippen LogP contribution in [0.5, 0.6) is 5.75 Å². The number of allylic oxidation sites excluding steroid dienone is 2. The summed E-state index contributed by atoms with van der Waals surface area (Å²) in [5.41, 5.74) is -3.99. The first-order valence-corrected chi connectivity index (χ1v) is 9.87. The number of carboxylic acids is 1. The van der Waals surface area contributed by atoms with Crippen molar-refractivity contribution in [1.29, 1.82) is 0 Å². The molecule has 0 saturated carbocycles. The summed E-state index contributed by atoms with van der Waals surface area (Å²) < 4.78 is 71.1. The zero-order valence-electron chi connectivity index (χ0n) is 15.8. The summed E-state index contributed by atoms with van der Waals surface area (Å²) in [6, 6.07) is 0. The number of halogens is 3. The van der Waals surface area contributed by atoms with Crippen molar-refractivity contribution in [3.63, 3.8) is 0 Å². The van der Waals surface area contributed by atoms with E-state index in [2.05, 4.69) is 4.18 Å². The molecule has 0 fully saturated rings. The van der Waals surface area contributed by atoms with Crippen molar-refractivity contribution in [2.24, 2.45) is 0 Å². The van der Waals surface area contributed by atoms with Gasteiger partial charge in [-0.3, -0.25) is 4.79 Å². The van der Waals surface area contributed by atoms with Gasteiger partial charge >= 0.3 is 27.6 Å². The molecule has 0 aromatic heterocycles. The zero-order valence-corrected chi connectivity index (χ0v) is 16.7. The highest BCUT2D eigenvalue weighted by molar-refractivity contribution is 7.88. The van der Waals surface area contributed by atoms with E-state index in [1.54, 1.807) is 26.8 Å². The highest BCUT2D eigenvalue weighted by atomic mass is 32.2. The molecule has 0 radical (unpaired) electrons. The number of cyclic esters (lactones) is 1. The molecule has 0 bridgehead atoms. The van der Waals surface area contributed by atoms with Crippen LogP contribution in [0.15, 0.2) is 11.6 Å². The summed E-state index contributed by atoms with van der Waals surface area (Å²) in [5, 5.41) is 8.74. The number of hydrogen-bond acceptors (Lipinski definition) is 6. The van der Waals surface area contributed by atoms with E-state index >= 15 is 0 Å². The topological polar surface area (TPSA) is 107 Å². The second-order valence-corrected chi connectivity index (χ2v) is 8.16. The smallest absolute Gasteiger partial charge is 0.481 e. The summed E-state index contributed by atoms with van der Waals surface area (Å²) in [5.74, 6) is -2.68. The van der Waals surface area contributed by atoms with Crippen LogP contribution >= 0.6 is 0 Å². The second kappa shape index (κ2) is 8.05. The molecule has 1 aromatic carbocycles. The Hall–Kier alpha value is -2.56. The highest BCUT2D eigenvalue weighted by Crippen LogP contribution is 2.41. The van der Waals surface area contributed by atoms with Crippen molar-refractivity contribution in [3.05, 3.63) is 39.5 Å². The molecule has 1 aliphatic heterocycles. The van der Waals surface area contributed by atoms with Gasteiger partial charge in [0, 0.05) is 17.5 Å². The second-order valence-electron chi connectivity index (χ2n) is 6.62. The molecule has 0 saturated heterocycles. The molecule has 29 heavy (non-hydrogen) atoms. The molecule has 7 nitrogen and oxygen atoms in total. The van der Waals surface area contributed by atoms with E-state index in [9.17, 15) is 31.2 Å². The van der Waals surface area contributed by atoms with E-state index in [0.717, 1.165) is 0 Å². The van der Waals surface area contributed by atoms with Crippen molar-refractivity contribution in [2.75, 3.05) is 0 Å². The first-order chi connectivity index (χ1) is 13.3. The van der Waals surface area contributed by atoms with Crippen LogP contribution in [0.25, 0.3) is 0 Å². The average molecular weight is 436 g/mol. The molecule has 0 spiro atoms. The van der Waals surface area contributed by atoms with E-state index in [-0.39, 0.29) is 42.6 Å². The van der Waals surface area contributed by atoms with Crippen LogP contribution in [-0.4, -0.2) is 31.0 Å². The van der Waals surface area contributed by atoms with E-state index in [4.69, 9.17) is 9.84 Å². The molecule has 0 amide bonds. The lowest BCUT2D eigenvalue weighted by atomic mass is 9.91. The molecule has 1 aliphatic rings. The molecular weight excluding hydrogens is 417 g/mol. The Morgan fingerprint density at radius 1 is 1.24 bits per heavy atom. The monoisotopic (exact) mass is 436 g/mol. The fraction of sp³-hybridized carbons (Fsp3) is 0.444. The molecule has 160 valence electrons. The fourth-order valence-electron chi connectivity index (χ4n) is 2.88. The van der Waals surface area contributed by atoms with Crippen LogP contribution in [0, 0.1) is 13.8 Å². The SMILES string of the molecule is CC(=CCc1c(C)c(C)c2c(c1OS(=O)(=O)C(F)(F)F)C(=O)OC2)CCC(=O)O. The number of carbonyl (C=O) groups excluding carboxylic acids is 1. The average Bonchev–Trinajstić information content (AvgIpc) is 2.98. The molecule has 1 aromatic rings. The van der Waals surface area contributed by atoms with Crippen LogP contribution in [0.1, 0.15) is 52.4 Å². The highest BCUT2D eigenvalue weighted by Gasteiger charge is 2.50. The summed E-state index contributed by atoms with van der Waals surface area (Å²) in [6.45, 7) is 4.65. The summed E-state index contributed by atoms with van der Waals surface area (Å²) in [6.07, 6.45) is 1.58. The fourth-order valence-corrected chi connectivity index (χ4v) is 3.38. The Morgan fingerprint density at radius 3 is 2.41 bits per heavy atom. The number of esters is 1. The first kappa shape index (κ1) is 22.7. The van der Waals surface area contributed by atoms with Crippen molar-refractivity contribution in [2.45, 2.75) is 52.1 Å². The van der Waals surface area contributed by atoms with Crippen LogP contribution in [0.4, 0.5) is 13.2 Å². The van der Waals surface area contributed by atoms with Gasteiger partial charge in [-0.2, -0.15) is 21.6 Å². The van der Waals surface area contributed by atoms with Gasteiger partial charge in [0.15, 0.2) is 5.75 Å². The van der Waals surface area contributed by atoms with Crippen molar-refractivity contribution in [1.82, 2.24) is 0 Å². The number of carbonyl (C=O) groups is 2. The lowest BCUT2D eigenvalue weighted by molar-refractivity contribution is -0.136. The number of fused-ring (bicyclic) bond motifs is 1. The van der Waals surface area contributed by atoms with Gasteiger partial charge in [-0.1, -0.05) is 11.6 Å². The van der Waals surface area contributed by atoms with Crippen LogP contribution in [0.2, 0.25) is 0 Å². The largest absolute Gasteiger partial charge is 0.534 e. The number of benzene rings is 1. The Balaban J connectivity index is 2.59. The minimum atomic E-state index is -6.01. The van der Waals surface area contributed by atoms with Gasteiger partial charge in [0.2, 0.25) is 0 Å². The van der Waals surface area contributed by atoms with Gasteiger partial charge in [-0.05, 0) is 44.7 Å². The minimum Gasteiger partial charge on any atom is -0.481 e. The summed E-state index contributed by atoms with van der Waals surface area (Å²) in [4.78, 5) is 22.8. The third-order valence-electron chi connectivity index (χ3n) is 4.69. The maximum Gasteiger partial charge on any atom is 0.534 e. The van der Waals surface area contributed by atoms with Crippen molar-refractivity contribution in [3.8, 4) is 5.75 Å². The zero-order chi connectivity index (χ0) is 22.1. The molecule has 1 heterocycles. The maximum atomic E-state index is 12.9. The third kappa shape index (κ3) is 4.72. The molecule has 0 atom stereocenters. The molecule has 2 rings (SSSR count). The lowest BCUT2D eigenvalue weighted by Crippen LogP contribution is -2.29. The maximum absolute atomic E-state index is 12.9. The molecule has 11 heteroatoms. The lowest BCUT2D eigenvalue weighted by Gasteiger charge is -2.19. The van der Waals surface area contributed by atoms with E-state index in [1.807, 2.05) is 0 Å². The number of carboxylic acid groups (broad SMARTS) is 1. The van der Waals surface area contributed by atoms with Crippen LogP contribution < -0.4 is 4.18 Å². The van der Waals surface area contributed by atoms with Gasteiger partial charge in [-0.25, -0.2) is 4.79 Å². The number of rotatable bonds is 7. The minimum absolute atomic E-state index is 0.0542. The molecular formula is C18H19F3O7S. The number of aliphatic carboxylic acids is 1. The van der Waals surface area contributed by atoms with Crippen molar-refractivity contribution < 1.29 is 45.2 Å². The quantitative estimate of drug-likeness (QED) is 0.301. The Bertz CT molecular complexity index is 992. The third-order valence-corrected chi connectivity index (χ3v) is 5.64. The molecule has 0 unspecified atom stereocenters. The molecule has 0 aliphatic carbocycles.